The van der Waals surface area contributed by atoms with Crippen LogP contribution >= 0.6 is 11.6 Å². The van der Waals surface area contributed by atoms with Gasteiger partial charge >= 0.3 is 0 Å². The smallest absolute Gasteiger partial charge is 0.0504 e. The maximum absolute atomic E-state index is 6.17. The topological polar surface area (TPSA) is 45.1 Å². The van der Waals surface area contributed by atoms with Gasteiger partial charge in [0.05, 0.1) is 5.52 Å². The van der Waals surface area contributed by atoms with Crippen molar-refractivity contribution in [1.29, 1.82) is 0 Å². The Morgan fingerprint density at radius 2 is 2.00 bits per heavy atom. The van der Waals surface area contributed by atoms with E-state index in [-0.39, 0.29) is 6.04 Å². The molecule has 1 aromatic carbocycles. The zero-order valence-corrected chi connectivity index (χ0v) is 12.1. The Hall–Kier alpha value is -1.03. The minimum atomic E-state index is 0.222. The number of rotatable bonds is 3. The van der Waals surface area contributed by atoms with Crippen molar-refractivity contribution in [2.45, 2.75) is 19.9 Å². The van der Waals surface area contributed by atoms with Crippen molar-refractivity contribution < 1.29 is 0 Å². The molecule has 2 rings (SSSR count). The van der Waals surface area contributed by atoms with E-state index in [1.54, 1.807) is 0 Å². The molecule has 0 amide bonds. The summed E-state index contributed by atoms with van der Waals surface area (Å²) >= 11 is 6.17. The normalized spacial score (nSPS) is 13.5. The Kier molecular flexibility index (Phi) is 3.66. The highest BCUT2D eigenvalue weighted by Gasteiger charge is 2.20. The largest absolute Gasteiger partial charge is 0.358 e. The molecule has 1 unspecified atom stereocenters. The Morgan fingerprint density at radius 3 is 2.56 bits per heavy atom. The average Bonchev–Trinajstić information content (AvgIpc) is 2.63. The van der Waals surface area contributed by atoms with Gasteiger partial charge in [0, 0.05) is 28.7 Å². The van der Waals surface area contributed by atoms with E-state index in [9.17, 15) is 0 Å². The summed E-state index contributed by atoms with van der Waals surface area (Å²) in [5, 5.41) is 2.02. The van der Waals surface area contributed by atoms with Crippen molar-refractivity contribution in [3.8, 4) is 0 Å². The highest BCUT2D eigenvalue weighted by molar-refractivity contribution is 6.32. The summed E-state index contributed by atoms with van der Waals surface area (Å²) in [6, 6.07) is 4.26. The monoisotopic (exact) mass is 265 g/mol. The number of benzene rings is 1. The molecule has 0 bridgehead atoms. The van der Waals surface area contributed by atoms with Gasteiger partial charge in [0.2, 0.25) is 0 Å². The van der Waals surface area contributed by atoms with Crippen molar-refractivity contribution in [3.05, 3.63) is 34.0 Å². The third-order valence-corrected chi connectivity index (χ3v) is 3.99. The highest BCUT2D eigenvalue weighted by atomic mass is 35.5. The molecule has 98 valence electrons. The number of aromatic amines is 1. The lowest BCUT2D eigenvalue weighted by atomic mass is 10.0. The molecule has 0 aliphatic rings. The molecule has 2 aromatic rings. The van der Waals surface area contributed by atoms with Gasteiger partial charge in [0.25, 0.3) is 0 Å². The minimum absolute atomic E-state index is 0.222. The van der Waals surface area contributed by atoms with E-state index in [1.807, 2.05) is 13.0 Å². The van der Waals surface area contributed by atoms with Crippen LogP contribution in [0.15, 0.2) is 12.1 Å². The van der Waals surface area contributed by atoms with Crippen LogP contribution in [0.3, 0.4) is 0 Å². The first-order valence-corrected chi connectivity index (χ1v) is 6.49. The number of fused-ring (bicyclic) bond motifs is 1. The summed E-state index contributed by atoms with van der Waals surface area (Å²) in [7, 11) is 4.11. The first kappa shape index (κ1) is 13.4. The molecule has 3 N–H and O–H groups in total. The molecule has 4 heteroatoms. The Morgan fingerprint density at radius 1 is 1.33 bits per heavy atom. The van der Waals surface area contributed by atoms with Gasteiger partial charge in [-0.25, -0.2) is 0 Å². The fourth-order valence-corrected chi connectivity index (χ4v) is 2.70. The Labute approximate surface area is 113 Å². The first-order chi connectivity index (χ1) is 8.47. The molecular weight excluding hydrogens is 246 g/mol. The van der Waals surface area contributed by atoms with Crippen LogP contribution in [-0.2, 0) is 0 Å². The number of H-pyrrole nitrogens is 1. The zero-order valence-electron chi connectivity index (χ0n) is 11.3. The van der Waals surface area contributed by atoms with Crippen LogP contribution in [0.5, 0.6) is 0 Å². The summed E-state index contributed by atoms with van der Waals surface area (Å²) in [5.41, 5.74) is 10.6. The molecule has 0 saturated carbocycles. The molecule has 0 radical (unpaired) electrons. The minimum Gasteiger partial charge on any atom is -0.358 e. The molecule has 3 nitrogen and oxygen atoms in total. The van der Waals surface area contributed by atoms with Crippen molar-refractivity contribution in [2.24, 2.45) is 5.73 Å². The number of halogens is 1. The van der Waals surface area contributed by atoms with Gasteiger partial charge in [-0.05, 0) is 45.1 Å². The quantitative estimate of drug-likeness (QED) is 0.896. The standard InChI is InChI=1S/C14H20ClN3/c1-8-11(15)6-5-10-13(9(2)17-14(8)10)12(7-16)18(3)4/h5-6,12,17H,7,16H2,1-4H3. The first-order valence-electron chi connectivity index (χ1n) is 6.11. The van der Waals surface area contributed by atoms with Crippen LogP contribution in [0.25, 0.3) is 10.9 Å². The number of nitrogens with one attached hydrogen (secondary N) is 1. The lowest BCUT2D eigenvalue weighted by Gasteiger charge is -2.23. The van der Waals surface area contributed by atoms with Crippen LogP contribution in [0.4, 0.5) is 0 Å². The molecule has 0 spiro atoms. The van der Waals surface area contributed by atoms with Crippen molar-refractivity contribution in [2.75, 3.05) is 20.6 Å². The SMILES string of the molecule is Cc1[nH]c2c(C)c(Cl)ccc2c1C(CN)N(C)C. The number of nitrogens with zero attached hydrogens (tertiary/aromatic N) is 1. The number of hydrogen-bond donors (Lipinski definition) is 2. The van der Waals surface area contributed by atoms with Gasteiger partial charge in [0.1, 0.15) is 0 Å². The van der Waals surface area contributed by atoms with Gasteiger partial charge in [-0.2, -0.15) is 0 Å². The molecular formula is C14H20ClN3. The number of aromatic nitrogens is 1. The molecule has 0 fully saturated rings. The van der Waals surface area contributed by atoms with Gasteiger partial charge in [-0.15, -0.1) is 0 Å². The number of nitrogens with two attached hydrogens (primary N) is 1. The second kappa shape index (κ2) is 4.92. The van der Waals surface area contributed by atoms with Crippen LogP contribution in [0.2, 0.25) is 5.02 Å². The molecule has 1 atom stereocenters. The maximum Gasteiger partial charge on any atom is 0.0504 e. The van der Waals surface area contributed by atoms with Crippen molar-refractivity contribution in [1.82, 2.24) is 9.88 Å². The lowest BCUT2D eigenvalue weighted by molar-refractivity contribution is 0.307. The van der Waals surface area contributed by atoms with E-state index in [0.29, 0.717) is 6.54 Å². The predicted molar refractivity (Wildman–Crippen MR) is 78.3 cm³/mol. The Balaban J connectivity index is 2.72. The third kappa shape index (κ3) is 2.03. The van der Waals surface area contributed by atoms with E-state index < -0.39 is 0 Å². The zero-order chi connectivity index (χ0) is 13.4. The molecule has 0 aliphatic heterocycles. The second-order valence-electron chi connectivity index (χ2n) is 4.97. The molecule has 18 heavy (non-hydrogen) atoms. The summed E-state index contributed by atoms with van der Waals surface area (Å²) in [4.78, 5) is 5.59. The Bertz CT molecular complexity index is 572. The van der Waals surface area contributed by atoms with Crippen LogP contribution in [-0.4, -0.2) is 30.5 Å². The van der Waals surface area contributed by atoms with E-state index >= 15 is 0 Å². The fourth-order valence-electron chi connectivity index (χ4n) is 2.54. The maximum atomic E-state index is 6.17. The second-order valence-corrected chi connectivity index (χ2v) is 5.38. The number of aryl methyl sites for hydroxylation is 2. The molecule has 1 heterocycles. The molecule has 0 aliphatic carbocycles. The van der Waals surface area contributed by atoms with Crippen LogP contribution < -0.4 is 5.73 Å². The molecule has 1 aromatic heterocycles. The van der Waals surface area contributed by atoms with Crippen molar-refractivity contribution >= 4 is 22.5 Å². The van der Waals surface area contributed by atoms with E-state index in [0.717, 1.165) is 16.1 Å². The van der Waals surface area contributed by atoms with Gasteiger partial charge in [-0.3, -0.25) is 0 Å². The average molecular weight is 266 g/mol. The summed E-state index contributed by atoms with van der Waals surface area (Å²) in [5.74, 6) is 0. The lowest BCUT2D eigenvalue weighted by Crippen LogP contribution is -2.27. The summed E-state index contributed by atoms with van der Waals surface area (Å²) in [6.07, 6.45) is 0. The summed E-state index contributed by atoms with van der Waals surface area (Å²) < 4.78 is 0. The van der Waals surface area contributed by atoms with E-state index in [1.165, 1.54) is 16.6 Å². The van der Waals surface area contributed by atoms with Crippen LogP contribution in [0.1, 0.15) is 22.9 Å². The fraction of sp³-hybridized carbons (Fsp3) is 0.429. The summed E-state index contributed by atoms with van der Waals surface area (Å²) in [6.45, 7) is 4.73. The highest BCUT2D eigenvalue weighted by Crippen LogP contribution is 2.33. The van der Waals surface area contributed by atoms with E-state index in [4.69, 9.17) is 17.3 Å². The number of likely N-dealkylation sites (N-methyl/N-ethyl adjacent to an activating group) is 1. The van der Waals surface area contributed by atoms with Gasteiger partial charge in [-0.1, -0.05) is 17.7 Å². The third-order valence-electron chi connectivity index (χ3n) is 3.59. The van der Waals surface area contributed by atoms with Gasteiger partial charge in [0.15, 0.2) is 0 Å². The van der Waals surface area contributed by atoms with Gasteiger partial charge < -0.3 is 15.6 Å². The van der Waals surface area contributed by atoms with E-state index in [2.05, 4.69) is 37.0 Å². The van der Waals surface area contributed by atoms with Crippen molar-refractivity contribution in [3.63, 3.8) is 0 Å². The number of hydrogen-bond acceptors (Lipinski definition) is 2. The van der Waals surface area contributed by atoms with Crippen LogP contribution in [0, 0.1) is 13.8 Å². The molecule has 0 saturated heterocycles. The predicted octanol–water partition coefficient (Wildman–Crippen LogP) is 3.00.